The molecule has 1 N–H and O–H groups in total. The number of halogens is 1. The third-order valence-corrected chi connectivity index (χ3v) is 3.55. The van der Waals surface area contributed by atoms with Crippen LogP contribution in [0, 0.1) is 0 Å². The van der Waals surface area contributed by atoms with Gasteiger partial charge in [-0.15, -0.1) is 0 Å². The molecule has 4 heteroatoms. The van der Waals surface area contributed by atoms with Gasteiger partial charge in [0.15, 0.2) is 11.5 Å². The predicted octanol–water partition coefficient (Wildman–Crippen LogP) is 4.43. The molecule has 22 heavy (non-hydrogen) atoms. The van der Waals surface area contributed by atoms with Crippen molar-refractivity contribution in [3.63, 3.8) is 0 Å². The van der Waals surface area contributed by atoms with E-state index >= 15 is 0 Å². The van der Waals surface area contributed by atoms with Gasteiger partial charge in [-0.1, -0.05) is 48.9 Å². The molecule has 0 saturated carbocycles. The van der Waals surface area contributed by atoms with Gasteiger partial charge >= 0.3 is 0 Å². The largest absolute Gasteiger partial charge is 0.493 e. The Balaban J connectivity index is 2.09. The average molecular weight is 320 g/mol. The van der Waals surface area contributed by atoms with E-state index in [4.69, 9.17) is 21.1 Å². The van der Waals surface area contributed by atoms with Gasteiger partial charge in [0, 0.05) is 6.54 Å². The number of ether oxygens (including phenoxy) is 2. The zero-order valence-electron chi connectivity index (χ0n) is 13.1. The molecule has 2 aromatic carbocycles. The molecule has 0 atom stereocenters. The van der Waals surface area contributed by atoms with Gasteiger partial charge in [0.2, 0.25) is 0 Å². The second kappa shape index (κ2) is 8.66. The lowest BCUT2D eigenvalue weighted by molar-refractivity contribution is 0.284. The van der Waals surface area contributed by atoms with Gasteiger partial charge in [-0.25, -0.2) is 0 Å². The first-order chi connectivity index (χ1) is 10.7. The Bertz CT molecular complexity index is 587. The quantitative estimate of drug-likeness (QED) is 0.730. The lowest BCUT2D eigenvalue weighted by atomic mass is 10.2. The third kappa shape index (κ3) is 4.65. The van der Waals surface area contributed by atoms with Gasteiger partial charge in [-0.3, -0.25) is 0 Å². The zero-order valence-corrected chi connectivity index (χ0v) is 13.8. The van der Waals surface area contributed by atoms with Crippen molar-refractivity contribution >= 4 is 11.6 Å². The van der Waals surface area contributed by atoms with Crippen LogP contribution in [-0.2, 0) is 13.2 Å². The molecule has 0 fully saturated rings. The minimum atomic E-state index is 0.463. The first kappa shape index (κ1) is 16.7. The van der Waals surface area contributed by atoms with E-state index in [1.165, 1.54) is 0 Å². The lowest BCUT2D eigenvalue weighted by Crippen LogP contribution is -2.14. The maximum atomic E-state index is 6.36. The molecule has 2 rings (SSSR count). The molecular weight excluding hydrogens is 298 g/mol. The topological polar surface area (TPSA) is 30.5 Å². The Morgan fingerprint density at radius 2 is 1.86 bits per heavy atom. The Morgan fingerprint density at radius 1 is 1.09 bits per heavy atom. The number of hydrogen-bond donors (Lipinski definition) is 1. The van der Waals surface area contributed by atoms with Crippen molar-refractivity contribution in [2.45, 2.75) is 26.5 Å². The summed E-state index contributed by atoms with van der Waals surface area (Å²) in [4.78, 5) is 0. The maximum absolute atomic E-state index is 6.36. The summed E-state index contributed by atoms with van der Waals surface area (Å²) in [5.74, 6) is 1.25. The Kier molecular flexibility index (Phi) is 6.56. The number of methoxy groups -OCH3 is 1. The van der Waals surface area contributed by atoms with E-state index in [0.717, 1.165) is 30.6 Å². The van der Waals surface area contributed by atoms with Crippen LogP contribution in [0.25, 0.3) is 0 Å². The van der Waals surface area contributed by atoms with E-state index < -0.39 is 0 Å². The Hall–Kier alpha value is -1.71. The van der Waals surface area contributed by atoms with E-state index in [-0.39, 0.29) is 0 Å². The predicted molar refractivity (Wildman–Crippen MR) is 90.8 cm³/mol. The van der Waals surface area contributed by atoms with Crippen LogP contribution in [0.15, 0.2) is 42.5 Å². The van der Waals surface area contributed by atoms with Crippen LogP contribution >= 0.6 is 11.6 Å². The van der Waals surface area contributed by atoms with Crippen LogP contribution < -0.4 is 14.8 Å². The molecule has 3 nitrogen and oxygen atoms in total. The molecule has 0 spiro atoms. The van der Waals surface area contributed by atoms with Gasteiger partial charge in [-0.05, 0) is 36.2 Å². The standard InChI is InChI=1S/C18H22ClNO2/c1-3-9-20-12-15-10-16(19)18(17(11-15)21-2)22-13-14-7-5-4-6-8-14/h4-8,10-11,20H,3,9,12-13H2,1-2H3. The molecule has 0 aliphatic carbocycles. The van der Waals surface area contributed by atoms with Gasteiger partial charge < -0.3 is 14.8 Å². The van der Waals surface area contributed by atoms with E-state index in [1.54, 1.807) is 7.11 Å². The maximum Gasteiger partial charge on any atom is 0.180 e. The third-order valence-electron chi connectivity index (χ3n) is 3.27. The molecule has 0 unspecified atom stereocenters. The van der Waals surface area contributed by atoms with Crippen LogP contribution in [0.4, 0.5) is 0 Å². The Labute approximate surface area is 137 Å². The van der Waals surface area contributed by atoms with Crippen LogP contribution in [0.1, 0.15) is 24.5 Å². The van der Waals surface area contributed by atoms with Gasteiger partial charge in [0.1, 0.15) is 6.61 Å². The summed E-state index contributed by atoms with van der Waals surface area (Å²) in [6, 6.07) is 13.9. The first-order valence-electron chi connectivity index (χ1n) is 7.48. The zero-order chi connectivity index (χ0) is 15.8. The second-order valence-electron chi connectivity index (χ2n) is 5.06. The number of nitrogens with one attached hydrogen (secondary N) is 1. The fourth-order valence-electron chi connectivity index (χ4n) is 2.15. The average Bonchev–Trinajstić information content (AvgIpc) is 2.54. The summed E-state index contributed by atoms with van der Waals surface area (Å²) < 4.78 is 11.3. The molecule has 0 aliphatic heterocycles. The molecule has 0 radical (unpaired) electrons. The normalized spacial score (nSPS) is 10.5. The highest BCUT2D eigenvalue weighted by Gasteiger charge is 2.12. The monoisotopic (exact) mass is 319 g/mol. The molecular formula is C18H22ClNO2. The van der Waals surface area contributed by atoms with E-state index in [2.05, 4.69) is 12.2 Å². The highest BCUT2D eigenvalue weighted by molar-refractivity contribution is 6.32. The summed E-state index contributed by atoms with van der Waals surface area (Å²) in [7, 11) is 1.63. The minimum Gasteiger partial charge on any atom is -0.493 e. The van der Waals surface area contributed by atoms with Crippen molar-refractivity contribution in [2.75, 3.05) is 13.7 Å². The highest BCUT2D eigenvalue weighted by atomic mass is 35.5. The highest BCUT2D eigenvalue weighted by Crippen LogP contribution is 2.36. The number of benzene rings is 2. The molecule has 0 amide bonds. The van der Waals surface area contributed by atoms with Crippen molar-refractivity contribution in [3.8, 4) is 11.5 Å². The SMILES string of the molecule is CCCNCc1cc(Cl)c(OCc2ccccc2)c(OC)c1. The smallest absolute Gasteiger partial charge is 0.180 e. The Morgan fingerprint density at radius 3 is 2.55 bits per heavy atom. The van der Waals surface area contributed by atoms with E-state index in [1.807, 2.05) is 42.5 Å². The fraction of sp³-hybridized carbons (Fsp3) is 0.333. The van der Waals surface area contributed by atoms with Crippen LogP contribution in [0.5, 0.6) is 11.5 Å². The first-order valence-corrected chi connectivity index (χ1v) is 7.86. The van der Waals surface area contributed by atoms with Crippen molar-refractivity contribution in [1.82, 2.24) is 5.32 Å². The van der Waals surface area contributed by atoms with Crippen molar-refractivity contribution in [2.24, 2.45) is 0 Å². The molecule has 118 valence electrons. The minimum absolute atomic E-state index is 0.463. The fourth-order valence-corrected chi connectivity index (χ4v) is 2.44. The van der Waals surface area contributed by atoms with Crippen molar-refractivity contribution < 1.29 is 9.47 Å². The summed E-state index contributed by atoms with van der Waals surface area (Å²) in [6.07, 6.45) is 1.10. The van der Waals surface area contributed by atoms with Crippen LogP contribution in [0.2, 0.25) is 5.02 Å². The summed E-state index contributed by atoms with van der Waals surface area (Å²) >= 11 is 6.36. The molecule has 0 saturated heterocycles. The number of hydrogen-bond acceptors (Lipinski definition) is 3. The van der Waals surface area contributed by atoms with Gasteiger partial charge in [0.25, 0.3) is 0 Å². The van der Waals surface area contributed by atoms with E-state index in [0.29, 0.717) is 23.1 Å². The molecule has 0 bridgehead atoms. The van der Waals surface area contributed by atoms with Gasteiger partial charge in [0.05, 0.1) is 12.1 Å². The molecule has 0 aliphatic rings. The summed E-state index contributed by atoms with van der Waals surface area (Å²) in [5, 5.41) is 3.92. The molecule has 2 aromatic rings. The van der Waals surface area contributed by atoms with Gasteiger partial charge in [-0.2, -0.15) is 0 Å². The van der Waals surface area contributed by atoms with Crippen molar-refractivity contribution in [1.29, 1.82) is 0 Å². The van der Waals surface area contributed by atoms with Crippen molar-refractivity contribution in [3.05, 3.63) is 58.6 Å². The van der Waals surface area contributed by atoms with Crippen LogP contribution in [0.3, 0.4) is 0 Å². The number of rotatable bonds is 8. The van der Waals surface area contributed by atoms with Crippen LogP contribution in [-0.4, -0.2) is 13.7 Å². The molecule has 0 heterocycles. The summed E-state index contributed by atoms with van der Waals surface area (Å²) in [6.45, 7) is 4.35. The summed E-state index contributed by atoms with van der Waals surface area (Å²) in [5.41, 5.74) is 2.18. The molecule has 0 aromatic heterocycles. The lowest BCUT2D eigenvalue weighted by Gasteiger charge is -2.14. The second-order valence-corrected chi connectivity index (χ2v) is 5.47. The van der Waals surface area contributed by atoms with E-state index in [9.17, 15) is 0 Å².